The molecule has 4 nitrogen and oxygen atoms in total. The zero-order chi connectivity index (χ0) is 16.8. The van der Waals surface area contributed by atoms with Crippen LogP contribution in [0.25, 0.3) is 11.1 Å². The minimum atomic E-state index is -0.480. The Hall–Kier alpha value is -2.32. The van der Waals surface area contributed by atoms with Crippen molar-refractivity contribution in [3.63, 3.8) is 0 Å². The second-order valence-electron chi connectivity index (χ2n) is 5.87. The van der Waals surface area contributed by atoms with Crippen LogP contribution in [-0.4, -0.2) is 18.5 Å². The van der Waals surface area contributed by atoms with E-state index in [9.17, 15) is 10.1 Å². The summed E-state index contributed by atoms with van der Waals surface area (Å²) in [6.07, 6.45) is 0.626. The molecular weight excluding hydrogens is 306 g/mol. The van der Waals surface area contributed by atoms with Gasteiger partial charge in [-0.15, -0.1) is 11.3 Å². The molecule has 0 saturated carbocycles. The highest BCUT2D eigenvalue weighted by atomic mass is 32.1. The molecular formula is C18H21N3OS. The number of carbonyl (C=O) groups is 1. The molecule has 1 aromatic carbocycles. The average Bonchev–Trinajstić information content (AvgIpc) is 3.00. The predicted molar refractivity (Wildman–Crippen MR) is 95.2 cm³/mol. The Kier molecular flexibility index (Phi) is 5.78. The molecule has 0 bridgehead atoms. The van der Waals surface area contributed by atoms with Gasteiger partial charge in [-0.1, -0.05) is 44.2 Å². The van der Waals surface area contributed by atoms with Crippen LogP contribution in [0.15, 0.2) is 41.1 Å². The summed E-state index contributed by atoms with van der Waals surface area (Å²) in [5.41, 5.74) is 8.62. The third kappa shape index (κ3) is 4.11. The normalized spacial score (nSPS) is 11.9. The first-order valence-corrected chi connectivity index (χ1v) is 8.53. The van der Waals surface area contributed by atoms with Gasteiger partial charge in [0.05, 0.1) is 11.8 Å². The minimum Gasteiger partial charge on any atom is -0.368 e. The van der Waals surface area contributed by atoms with Crippen LogP contribution in [0.1, 0.15) is 20.3 Å². The molecule has 0 fully saturated rings. The van der Waals surface area contributed by atoms with Gasteiger partial charge in [0.2, 0.25) is 5.91 Å². The first-order valence-electron chi connectivity index (χ1n) is 7.59. The molecule has 2 rings (SSSR count). The highest BCUT2D eigenvalue weighted by Gasteiger charge is 2.27. The first-order chi connectivity index (χ1) is 11.0. The average molecular weight is 327 g/mol. The van der Waals surface area contributed by atoms with E-state index in [0.717, 1.165) is 16.8 Å². The second kappa shape index (κ2) is 7.80. The Labute approximate surface area is 141 Å². The number of hydrogen-bond donors (Lipinski definition) is 1. The number of rotatable bonds is 7. The fraction of sp³-hybridized carbons (Fsp3) is 0.333. The van der Waals surface area contributed by atoms with Crippen molar-refractivity contribution in [1.29, 1.82) is 5.26 Å². The predicted octanol–water partition coefficient (Wildman–Crippen LogP) is 3.65. The van der Waals surface area contributed by atoms with Gasteiger partial charge >= 0.3 is 0 Å². The molecule has 120 valence electrons. The van der Waals surface area contributed by atoms with Crippen molar-refractivity contribution in [1.82, 2.24) is 0 Å². The lowest BCUT2D eigenvalue weighted by molar-refractivity contribution is -0.119. The van der Waals surface area contributed by atoms with Gasteiger partial charge in [-0.25, -0.2) is 0 Å². The van der Waals surface area contributed by atoms with E-state index >= 15 is 0 Å². The van der Waals surface area contributed by atoms with Crippen molar-refractivity contribution in [2.75, 3.05) is 11.4 Å². The molecule has 0 radical (unpaired) electrons. The molecule has 23 heavy (non-hydrogen) atoms. The van der Waals surface area contributed by atoms with Crippen LogP contribution in [0.2, 0.25) is 0 Å². The van der Waals surface area contributed by atoms with E-state index in [1.54, 1.807) is 11.3 Å². The number of nitriles is 1. The van der Waals surface area contributed by atoms with Gasteiger partial charge in [0.25, 0.3) is 0 Å². The number of primary amides is 1. The molecule has 0 unspecified atom stereocenters. The van der Waals surface area contributed by atoms with Gasteiger partial charge in [0.1, 0.15) is 12.6 Å². The number of thiophene rings is 1. The number of benzene rings is 1. The van der Waals surface area contributed by atoms with Crippen LogP contribution >= 0.6 is 11.3 Å². The fourth-order valence-electron chi connectivity index (χ4n) is 2.63. The monoisotopic (exact) mass is 327 g/mol. The molecule has 0 aliphatic carbocycles. The van der Waals surface area contributed by atoms with Crippen LogP contribution in [0.5, 0.6) is 0 Å². The number of anilines is 1. The Morgan fingerprint density at radius 2 is 2.00 bits per heavy atom. The molecule has 1 atom stereocenters. The van der Waals surface area contributed by atoms with E-state index in [1.807, 2.05) is 59.8 Å². The van der Waals surface area contributed by atoms with E-state index < -0.39 is 6.04 Å². The van der Waals surface area contributed by atoms with Gasteiger partial charge in [0.15, 0.2) is 0 Å². The van der Waals surface area contributed by atoms with Crippen molar-refractivity contribution in [2.24, 2.45) is 11.7 Å². The van der Waals surface area contributed by atoms with E-state index in [0.29, 0.717) is 12.3 Å². The van der Waals surface area contributed by atoms with Crippen molar-refractivity contribution in [3.05, 3.63) is 41.1 Å². The number of hydrogen-bond acceptors (Lipinski definition) is 4. The zero-order valence-corrected chi connectivity index (χ0v) is 14.2. The summed E-state index contributed by atoms with van der Waals surface area (Å²) in [5.74, 6) is -0.0772. The molecule has 1 amide bonds. The van der Waals surface area contributed by atoms with Gasteiger partial charge in [-0.2, -0.15) is 5.26 Å². The number of nitrogens with zero attached hydrogens (tertiary/aromatic N) is 2. The maximum atomic E-state index is 12.0. The largest absolute Gasteiger partial charge is 0.368 e. The van der Waals surface area contributed by atoms with E-state index in [-0.39, 0.29) is 12.5 Å². The Morgan fingerprint density at radius 1 is 1.30 bits per heavy atom. The van der Waals surface area contributed by atoms with Gasteiger partial charge in [-0.3, -0.25) is 4.79 Å². The standard InChI is InChI=1S/C18H21N3OS/c1-13(2)10-16(18(20)22)21(9-8-19)17-12-23-11-15(17)14-6-4-3-5-7-14/h3-7,11-13,16H,9-10H2,1-2H3,(H2,20,22)/t16-/m0/s1. The lowest BCUT2D eigenvalue weighted by Gasteiger charge is -2.31. The Morgan fingerprint density at radius 3 is 2.57 bits per heavy atom. The zero-order valence-electron chi connectivity index (χ0n) is 13.4. The summed E-state index contributed by atoms with van der Waals surface area (Å²) < 4.78 is 0. The molecule has 0 saturated heterocycles. The Balaban J connectivity index is 2.44. The summed E-state index contributed by atoms with van der Waals surface area (Å²) in [6.45, 7) is 4.23. The third-order valence-corrected chi connectivity index (χ3v) is 4.41. The highest BCUT2D eigenvalue weighted by molar-refractivity contribution is 7.08. The van der Waals surface area contributed by atoms with Crippen molar-refractivity contribution in [2.45, 2.75) is 26.3 Å². The molecule has 2 N–H and O–H groups in total. The first kappa shape index (κ1) is 17.0. The lowest BCUT2D eigenvalue weighted by atomic mass is 10.00. The van der Waals surface area contributed by atoms with Gasteiger partial charge < -0.3 is 10.6 Å². The summed E-state index contributed by atoms with van der Waals surface area (Å²) >= 11 is 1.56. The number of nitrogens with two attached hydrogens (primary N) is 1. The summed E-state index contributed by atoms with van der Waals surface area (Å²) in [7, 11) is 0. The number of amides is 1. The molecule has 5 heteroatoms. The van der Waals surface area contributed by atoms with Crippen LogP contribution < -0.4 is 10.6 Å². The second-order valence-corrected chi connectivity index (χ2v) is 6.61. The molecule has 0 aliphatic heterocycles. The SMILES string of the molecule is CC(C)C[C@@H](C(N)=O)N(CC#N)c1cscc1-c1ccccc1. The van der Waals surface area contributed by atoms with Crippen molar-refractivity contribution >= 4 is 22.9 Å². The van der Waals surface area contributed by atoms with Crippen molar-refractivity contribution < 1.29 is 4.79 Å². The van der Waals surface area contributed by atoms with Crippen LogP contribution in [-0.2, 0) is 4.79 Å². The van der Waals surface area contributed by atoms with E-state index in [1.165, 1.54) is 0 Å². The quantitative estimate of drug-likeness (QED) is 0.789. The van der Waals surface area contributed by atoms with Crippen LogP contribution in [0.4, 0.5) is 5.69 Å². The highest BCUT2D eigenvalue weighted by Crippen LogP contribution is 2.36. The lowest BCUT2D eigenvalue weighted by Crippen LogP contribution is -2.46. The molecule has 2 aromatic rings. The summed E-state index contributed by atoms with van der Waals surface area (Å²) in [4.78, 5) is 13.8. The van der Waals surface area contributed by atoms with Crippen molar-refractivity contribution in [3.8, 4) is 17.2 Å². The van der Waals surface area contributed by atoms with Crippen LogP contribution in [0.3, 0.4) is 0 Å². The molecule has 1 heterocycles. The topological polar surface area (TPSA) is 70.1 Å². The maximum Gasteiger partial charge on any atom is 0.240 e. The summed E-state index contributed by atoms with van der Waals surface area (Å²) in [5, 5.41) is 13.2. The molecule has 0 aliphatic rings. The van der Waals surface area contributed by atoms with E-state index in [4.69, 9.17) is 5.73 Å². The van der Waals surface area contributed by atoms with Gasteiger partial charge in [-0.05, 0) is 17.9 Å². The fourth-order valence-corrected chi connectivity index (χ4v) is 3.48. The maximum absolute atomic E-state index is 12.0. The summed E-state index contributed by atoms with van der Waals surface area (Å²) in [6, 6.07) is 11.7. The van der Waals surface area contributed by atoms with E-state index in [2.05, 4.69) is 6.07 Å². The number of carbonyl (C=O) groups excluding carboxylic acids is 1. The molecule has 0 spiro atoms. The molecule has 1 aromatic heterocycles. The van der Waals surface area contributed by atoms with Crippen LogP contribution in [0, 0.1) is 17.2 Å². The van der Waals surface area contributed by atoms with Gasteiger partial charge in [0, 0.05) is 16.3 Å². The third-order valence-electron chi connectivity index (χ3n) is 3.68. The Bertz CT molecular complexity index is 688. The smallest absolute Gasteiger partial charge is 0.240 e. The minimum absolute atomic E-state index is 0.136.